The number of rotatable bonds is 13. The zero-order valence-corrected chi connectivity index (χ0v) is 22.5. The maximum absolute atomic E-state index is 13.8. The molecule has 0 saturated heterocycles. The molecule has 3 N–H and O–H groups in total. The van der Waals surface area contributed by atoms with Crippen molar-refractivity contribution in [3.8, 4) is 5.75 Å². The maximum atomic E-state index is 13.8. The number of aliphatic imine (C=N–C) groups is 1. The Morgan fingerprint density at radius 1 is 1.10 bits per heavy atom. The molecule has 8 heteroatoms. The van der Waals surface area contributed by atoms with E-state index >= 15 is 0 Å². The van der Waals surface area contributed by atoms with Gasteiger partial charge in [0.2, 0.25) is 5.90 Å². The van der Waals surface area contributed by atoms with Gasteiger partial charge in [-0.15, -0.1) is 6.58 Å². The molecule has 1 aliphatic rings. The highest BCUT2D eigenvalue weighted by atomic mass is 16.5. The molecule has 0 saturated carbocycles. The molecule has 8 nitrogen and oxygen atoms in total. The Hall–Kier alpha value is -4.14. The molecule has 2 atom stereocenters. The zero-order valence-electron chi connectivity index (χ0n) is 22.5. The fourth-order valence-electron chi connectivity index (χ4n) is 4.41. The lowest BCUT2D eigenvalue weighted by molar-refractivity contribution is -0.129. The Kier molecular flexibility index (Phi) is 9.35. The van der Waals surface area contributed by atoms with Crippen LogP contribution in [0.25, 0.3) is 0 Å². The lowest BCUT2D eigenvalue weighted by Crippen LogP contribution is -2.52. The van der Waals surface area contributed by atoms with Crippen LogP contribution in [0.15, 0.2) is 96.5 Å². The Morgan fingerprint density at radius 3 is 2.46 bits per heavy atom. The SMILES string of the molecule is C=CC[C@]1(C(=O)NNCc2ccc(N(C)C)cc2)N=C(c2ccc(OCCCO)cc2)O[C@H]1c1ccccc1. The lowest BCUT2D eigenvalue weighted by atomic mass is 9.84. The van der Waals surface area contributed by atoms with E-state index in [1.54, 1.807) is 6.08 Å². The van der Waals surface area contributed by atoms with Gasteiger partial charge in [0, 0.05) is 51.3 Å². The second-order valence-electron chi connectivity index (χ2n) is 9.56. The van der Waals surface area contributed by atoms with Gasteiger partial charge in [-0.2, -0.15) is 0 Å². The van der Waals surface area contributed by atoms with Crippen molar-refractivity contribution in [1.82, 2.24) is 10.9 Å². The van der Waals surface area contributed by atoms with Gasteiger partial charge in [-0.3, -0.25) is 10.2 Å². The first-order valence-corrected chi connectivity index (χ1v) is 13.0. The topological polar surface area (TPSA) is 95.4 Å². The Morgan fingerprint density at radius 2 is 1.82 bits per heavy atom. The Labute approximate surface area is 230 Å². The van der Waals surface area contributed by atoms with Gasteiger partial charge in [0.25, 0.3) is 5.91 Å². The average molecular weight is 529 g/mol. The Bertz CT molecular complexity index is 1260. The van der Waals surface area contributed by atoms with Crippen molar-refractivity contribution in [3.63, 3.8) is 0 Å². The van der Waals surface area contributed by atoms with Crippen molar-refractivity contribution < 1.29 is 19.4 Å². The molecular formula is C31H36N4O4. The monoisotopic (exact) mass is 528 g/mol. The van der Waals surface area contributed by atoms with Crippen LogP contribution in [0.2, 0.25) is 0 Å². The molecule has 3 aromatic carbocycles. The minimum absolute atomic E-state index is 0.0780. The highest BCUT2D eigenvalue weighted by Crippen LogP contribution is 2.42. The van der Waals surface area contributed by atoms with E-state index in [-0.39, 0.29) is 18.9 Å². The van der Waals surface area contributed by atoms with Gasteiger partial charge < -0.3 is 19.5 Å². The Balaban J connectivity index is 1.56. The van der Waals surface area contributed by atoms with Crippen molar-refractivity contribution in [3.05, 3.63) is 108 Å². The summed E-state index contributed by atoms with van der Waals surface area (Å²) >= 11 is 0. The normalized spacial score (nSPS) is 18.1. The van der Waals surface area contributed by atoms with Crippen LogP contribution in [0.4, 0.5) is 5.69 Å². The van der Waals surface area contributed by atoms with E-state index < -0.39 is 11.6 Å². The van der Waals surface area contributed by atoms with E-state index in [1.165, 1.54) is 0 Å². The third-order valence-electron chi connectivity index (χ3n) is 6.53. The summed E-state index contributed by atoms with van der Waals surface area (Å²) in [6.07, 6.45) is 1.89. The minimum Gasteiger partial charge on any atom is -0.494 e. The predicted molar refractivity (Wildman–Crippen MR) is 154 cm³/mol. The third kappa shape index (κ3) is 6.66. The first kappa shape index (κ1) is 27.9. The number of hydrogen-bond donors (Lipinski definition) is 3. The lowest BCUT2D eigenvalue weighted by Gasteiger charge is -2.29. The second kappa shape index (κ2) is 13.1. The highest BCUT2D eigenvalue weighted by molar-refractivity contribution is 6.01. The number of amides is 1. The molecule has 0 unspecified atom stereocenters. The van der Waals surface area contributed by atoms with E-state index in [2.05, 4.69) is 17.4 Å². The van der Waals surface area contributed by atoms with Gasteiger partial charge in [-0.25, -0.2) is 10.4 Å². The van der Waals surface area contributed by atoms with E-state index in [9.17, 15) is 4.79 Å². The number of ether oxygens (including phenoxy) is 2. The molecule has 3 aromatic rings. The molecule has 204 valence electrons. The van der Waals surface area contributed by atoms with Crippen LogP contribution in [-0.2, 0) is 16.1 Å². The zero-order chi connectivity index (χ0) is 27.7. The summed E-state index contributed by atoms with van der Waals surface area (Å²) in [4.78, 5) is 20.7. The molecule has 1 amide bonds. The van der Waals surface area contributed by atoms with Gasteiger partial charge >= 0.3 is 0 Å². The number of hydrogen-bond acceptors (Lipinski definition) is 7. The van der Waals surface area contributed by atoms with Crippen LogP contribution >= 0.6 is 0 Å². The van der Waals surface area contributed by atoms with Crippen molar-refractivity contribution >= 4 is 17.5 Å². The van der Waals surface area contributed by atoms with Crippen LogP contribution in [0.1, 0.15) is 35.6 Å². The quantitative estimate of drug-likeness (QED) is 0.175. The third-order valence-corrected chi connectivity index (χ3v) is 6.53. The fourth-order valence-corrected chi connectivity index (χ4v) is 4.41. The molecule has 0 spiro atoms. The van der Waals surface area contributed by atoms with Crippen molar-refractivity contribution in [1.29, 1.82) is 0 Å². The number of carbonyl (C=O) groups is 1. The minimum atomic E-state index is -1.25. The molecule has 1 heterocycles. The summed E-state index contributed by atoms with van der Waals surface area (Å²) in [5.41, 5.74) is 8.40. The molecule has 0 aliphatic carbocycles. The van der Waals surface area contributed by atoms with Crippen LogP contribution in [0.3, 0.4) is 0 Å². The second-order valence-corrected chi connectivity index (χ2v) is 9.56. The van der Waals surface area contributed by atoms with Crippen LogP contribution in [0.5, 0.6) is 5.75 Å². The van der Waals surface area contributed by atoms with Crippen molar-refractivity contribution in [2.75, 3.05) is 32.2 Å². The number of nitrogens with one attached hydrogen (secondary N) is 2. The number of aliphatic hydroxyl groups excluding tert-OH is 1. The number of anilines is 1. The van der Waals surface area contributed by atoms with E-state index in [1.807, 2.05) is 97.9 Å². The van der Waals surface area contributed by atoms with Gasteiger partial charge in [-0.1, -0.05) is 48.5 Å². The predicted octanol–water partition coefficient (Wildman–Crippen LogP) is 4.17. The van der Waals surface area contributed by atoms with Gasteiger partial charge in [-0.05, 0) is 47.5 Å². The summed E-state index contributed by atoms with van der Waals surface area (Å²) < 4.78 is 12.0. The molecule has 0 aromatic heterocycles. The maximum Gasteiger partial charge on any atom is 0.266 e. The first-order chi connectivity index (χ1) is 19.0. The molecule has 0 radical (unpaired) electrons. The summed E-state index contributed by atoms with van der Waals surface area (Å²) in [7, 11) is 3.99. The van der Waals surface area contributed by atoms with Crippen LogP contribution in [0, 0.1) is 0 Å². The fraction of sp³-hybridized carbons (Fsp3) is 0.290. The molecule has 39 heavy (non-hydrogen) atoms. The summed E-state index contributed by atoms with van der Waals surface area (Å²) in [6.45, 7) is 4.87. The molecular weight excluding hydrogens is 492 g/mol. The van der Waals surface area contributed by atoms with Crippen LogP contribution in [-0.4, -0.2) is 49.8 Å². The van der Waals surface area contributed by atoms with Crippen molar-refractivity contribution in [2.24, 2.45) is 4.99 Å². The molecule has 4 rings (SSSR count). The number of carbonyl (C=O) groups excluding carboxylic acids is 1. The summed E-state index contributed by atoms with van der Waals surface area (Å²) in [5.74, 6) is 0.755. The number of hydrazine groups is 1. The summed E-state index contributed by atoms with van der Waals surface area (Å²) in [5, 5.41) is 8.97. The smallest absolute Gasteiger partial charge is 0.266 e. The standard InChI is InChI=1S/C31H36N4O4/c1-4-19-31(30(37)34-32-22-23-11-15-26(16-12-23)35(2)3)28(24-9-6-5-7-10-24)39-29(33-31)25-13-17-27(18-14-25)38-21-8-20-36/h4-7,9-18,28,32,36H,1,8,19-22H2,2-3H3,(H,34,37)/t28-,31-/m0/s1. The van der Waals surface area contributed by atoms with Crippen LogP contribution < -0.4 is 20.5 Å². The first-order valence-electron chi connectivity index (χ1n) is 13.0. The van der Waals surface area contributed by atoms with E-state index in [0.717, 1.165) is 22.4 Å². The molecule has 0 fully saturated rings. The van der Waals surface area contributed by atoms with Crippen molar-refractivity contribution in [2.45, 2.75) is 31.0 Å². The summed E-state index contributed by atoms with van der Waals surface area (Å²) in [6, 6.07) is 25.1. The van der Waals surface area contributed by atoms with E-state index in [0.29, 0.717) is 31.2 Å². The number of benzene rings is 3. The largest absolute Gasteiger partial charge is 0.494 e. The molecule has 1 aliphatic heterocycles. The highest BCUT2D eigenvalue weighted by Gasteiger charge is 2.52. The number of nitrogens with zero attached hydrogens (tertiary/aromatic N) is 2. The van der Waals surface area contributed by atoms with Gasteiger partial charge in [0.1, 0.15) is 5.75 Å². The number of aliphatic hydroxyl groups is 1. The molecule has 0 bridgehead atoms. The van der Waals surface area contributed by atoms with Gasteiger partial charge in [0.05, 0.1) is 6.61 Å². The van der Waals surface area contributed by atoms with E-state index in [4.69, 9.17) is 19.6 Å². The average Bonchev–Trinajstić information content (AvgIpc) is 3.35. The van der Waals surface area contributed by atoms with Gasteiger partial charge in [0.15, 0.2) is 11.6 Å².